The average Bonchev–Trinajstić information content (AvgIpc) is 2.43. The largest absolute Gasteiger partial charge is 0.351 e. The van der Waals surface area contributed by atoms with Crippen molar-refractivity contribution in [2.24, 2.45) is 11.7 Å². The van der Waals surface area contributed by atoms with E-state index in [1.165, 1.54) is 17.0 Å². The van der Waals surface area contributed by atoms with E-state index in [1.807, 2.05) is 0 Å². The number of piperidine rings is 1. The van der Waals surface area contributed by atoms with Crippen molar-refractivity contribution in [3.63, 3.8) is 0 Å². The second-order valence-corrected chi connectivity index (χ2v) is 5.65. The summed E-state index contributed by atoms with van der Waals surface area (Å²) in [6, 6.07) is 3.80. The van der Waals surface area contributed by atoms with Gasteiger partial charge in [0.25, 0.3) is 0 Å². The van der Waals surface area contributed by atoms with E-state index in [0.717, 1.165) is 0 Å². The van der Waals surface area contributed by atoms with Gasteiger partial charge in [-0.25, -0.2) is 9.18 Å². The Morgan fingerprint density at radius 3 is 2.90 bits per heavy atom. The summed E-state index contributed by atoms with van der Waals surface area (Å²) in [6.45, 7) is 0.834. The molecule has 0 saturated carbocycles. The smallest absolute Gasteiger partial charge is 0.314 e. The van der Waals surface area contributed by atoms with E-state index in [1.54, 1.807) is 6.07 Å². The number of primary amides is 1. The molecule has 0 aliphatic carbocycles. The highest BCUT2D eigenvalue weighted by atomic mass is 79.9. The van der Waals surface area contributed by atoms with Gasteiger partial charge in [0.2, 0.25) is 5.91 Å². The Morgan fingerprint density at radius 2 is 2.20 bits per heavy atom. The molecule has 108 valence electrons. The third-order valence-corrected chi connectivity index (χ3v) is 3.78. The first-order valence-electron chi connectivity index (χ1n) is 6.27. The van der Waals surface area contributed by atoms with Crippen LogP contribution in [0.15, 0.2) is 22.7 Å². The fourth-order valence-corrected chi connectivity index (χ4v) is 2.58. The lowest BCUT2D eigenvalue weighted by Gasteiger charge is -2.30. The van der Waals surface area contributed by atoms with Gasteiger partial charge >= 0.3 is 6.03 Å². The van der Waals surface area contributed by atoms with Crippen molar-refractivity contribution in [1.82, 2.24) is 4.90 Å². The molecule has 20 heavy (non-hydrogen) atoms. The summed E-state index contributed by atoms with van der Waals surface area (Å²) in [6.07, 6.45) is 1.37. The summed E-state index contributed by atoms with van der Waals surface area (Å²) < 4.78 is 14.3. The van der Waals surface area contributed by atoms with Gasteiger partial charge < -0.3 is 16.0 Å². The predicted octanol–water partition coefficient (Wildman–Crippen LogP) is 2.32. The molecule has 7 heteroatoms. The summed E-state index contributed by atoms with van der Waals surface area (Å²) in [7, 11) is 0. The first-order valence-corrected chi connectivity index (χ1v) is 7.07. The zero-order valence-corrected chi connectivity index (χ0v) is 12.3. The van der Waals surface area contributed by atoms with E-state index >= 15 is 0 Å². The minimum absolute atomic E-state index is 0.126. The van der Waals surface area contributed by atoms with Gasteiger partial charge in [-0.05, 0) is 31.0 Å². The van der Waals surface area contributed by atoms with Gasteiger partial charge in [-0.2, -0.15) is 0 Å². The van der Waals surface area contributed by atoms with Gasteiger partial charge in [0, 0.05) is 17.6 Å². The summed E-state index contributed by atoms with van der Waals surface area (Å²) in [5, 5.41) is 2.56. The molecule has 1 fully saturated rings. The van der Waals surface area contributed by atoms with Crippen LogP contribution < -0.4 is 11.1 Å². The fraction of sp³-hybridized carbons (Fsp3) is 0.385. The molecule has 1 unspecified atom stereocenters. The zero-order chi connectivity index (χ0) is 14.7. The Kier molecular flexibility index (Phi) is 4.59. The topological polar surface area (TPSA) is 75.4 Å². The molecule has 1 saturated heterocycles. The van der Waals surface area contributed by atoms with E-state index in [-0.39, 0.29) is 24.1 Å². The molecular formula is C13H15BrFN3O2. The number of nitrogens with zero attached hydrogens (tertiary/aromatic N) is 1. The lowest BCUT2D eigenvalue weighted by molar-refractivity contribution is -0.121. The number of benzene rings is 1. The summed E-state index contributed by atoms with van der Waals surface area (Å²) >= 11 is 3.22. The van der Waals surface area contributed by atoms with Crippen molar-refractivity contribution in [3.8, 4) is 0 Å². The highest BCUT2D eigenvalue weighted by Crippen LogP contribution is 2.23. The molecule has 1 aliphatic rings. The third-order valence-electron chi connectivity index (χ3n) is 3.29. The SMILES string of the molecule is NC(=O)N1CCCC(C(=O)Nc2cc(Br)ccc2F)C1. The second-order valence-electron chi connectivity index (χ2n) is 4.74. The molecule has 0 bridgehead atoms. The maximum absolute atomic E-state index is 13.6. The predicted molar refractivity (Wildman–Crippen MR) is 76.6 cm³/mol. The molecule has 1 aliphatic heterocycles. The van der Waals surface area contributed by atoms with Gasteiger partial charge in [0.15, 0.2) is 0 Å². The second kappa shape index (κ2) is 6.21. The number of halogens is 2. The van der Waals surface area contributed by atoms with Crippen LogP contribution in [0.1, 0.15) is 12.8 Å². The molecule has 3 N–H and O–H groups in total. The van der Waals surface area contributed by atoms with E-state index in [4.69, 9.17) is 5.73 Å². The van der Waals surface area contributed by atoms with Gasteiger partial charge in [0.1, 0.15) is 5.82 Å². The Labute approximate surface area is 124 Å². The number of urea groups is 1. The van der Waals surface area contributed by atoms with E-state index < -0.39 is 11.8 Å². The quantitative estimate of drug-likeness (QED) is 0.864. The van der Waals surface area contributed by atoms with Gasteiger partial charge in [-0.1, -0.05) is 15.9 Å². The molecule has 1 aromatic carbocycles. The van der Waals surface area contributed by atoms with Crippen molar-refractivity contribution in [1.29, 1.82) is 0 Å². The van der Waals surface area contributed by atoms with Crippen LogP contribution in [0.3, 0.4) is 0 Å². The van der Waals surface area contributed by atoms with Crippen LogP contribution in [0.4, 0.5) is 14.9 Å². The normalized spacial score (nSPS) is 18.7. The number of nitrogens with two attached hydrogens (primary N) is 1. The first kappa shape index (κ1) is 14.8. The van der Waals surface area contributed by atoms with Crippen molar-refractivity contribution in [2.45, 2.75) is 12.8 Å². The minimum Gasteiger partial charge on any atom is -0.351 e. The molecule has 2 rings (SSSR count). The number of nitrogens with one attached hydrogen (secondary N) is 1. The lowest BCUT2D eigenvalue weighted by atomic mass is 9.97. The van der Waals surface area contributed by atoms with Crippen molar-refractivity contribution < 1.29 is 14.0 Å². The van der Waals surface area contributed by atoms with Crippen molar-refractivity contribution in [3.05, 3.63) is 28.5 Å². The van der Waals surface area contributed by atoms with Crippen LogP contribution in [0, 0.1) is 11.7 Å². The zero-order valence-electron chi connectivity index (χ0n) is 10.7. The Balaban J connectivity index is 2.04. The van der Waals surface area contributed by atoms with Crippen LogP contribution in [0.2, 0.25) is 0 Å². The third kappa shape index (κ3) is 3.47. The van der Waals surface area contributed by atoms with Gasteiger partial charge in [-0.3, -0.25) is 4.79 Å². The molecule has 1 heterocycles. The van der Waals surface area contributed by atoms with Crippen LogP contribution in [-0.4, -0.2) is 29.9 Å². The van der Waals surface area contributed by atoms with Crippen molar-refractivity contribution >= 4 is 33.6 Å². The molecule has 3 amide bonds. The number of likely N-dealkylation sites (tertiary alicyclic amines) is 1. The monoisotopic (exact) mass is 343 g/mol. The number of carbonyl (C=O) groups is 2. The first-order chi connectivity index (χ1) is 9.47. The molecule has 1 atom stereocenters. The summed E-state index contributed by atoms with van der Waals surface area (Å²) in [5.74, 6) is -1.16. The van der Waals surface area contributed by atoms with Crippen LogP contribution in [0.5, 0.6) is 0 Å². The van der Waals surface area contributed by atoms with E-state index in [0.29, 0.717) is 23.9 Å². The van der Waals surface area contributed by atoms with E-state index in [2.05, 4.69) is 21.2 Å². The standard InChI is InChI=1S/C13H15BrFN3O2/c14-9-3-4-10(15)11(6-9)17-12(19)8-2-1-5-18(7-8)13(16)20/h3-4,6,8H,1-2,5,7H2,(H2,16,20)(H,17,19). The Hall–Kier alpha value is -1.63. The van der Waals surface area contributed by atoms with Crippen molar-refractivity contribution in [2.75, 3.05) is 18.4 Å². The highest BCUT2D eigenvalue weighted by molar-refractivity contribution is 9.10. The van der Waals surface area contributed by atoms with Crippen LogP contribution >= 0.6 is 15.9 Å². The number of rotatable bonds is 2. The maximum atomic E-state index is 13.6. The highest BCUT2D eigenvalue weighted by Gasteiger charge is 2.27. The fourth-order valence-electron chi connectivity index (χ4n) is 2.22. The van der Waals surface area contributed by atoms with Gasteiger partial charge in [0.05, 0.1) is 11.6 Å². The lowest BCUT2D eigenvalue weighted by Crippen LogP contribution is -2.46. The number of carbonyl (C=O) groups excluding carboxylic acids is 2. The number of hydrogen-bond acceptors (Lipinski definition) is 2. The van der Waals surface area contributed by atoms with Gasteiger partial charge in [-0.15, -0.1) is 0 Å². The Bertz CT molecular complexity index is 538. The van der Waals surface area contributed by atoms with Crippen LogP contribution in [0.25, 0.3) is 0 Å². The Morgan fingerprint density at radius 1 is 1.45 bits per heavy atom. The number of hydrogen-bond donors (Lipinski definition) is 2. The average molecular weight is 344 g/mol. The molecule has 1 aromatic rings. The molecule has 0 aromatic heterocycles. The van der Waals surface area contributed by atoms with Crippen LogP contribution in [-0.2, 0) is 4.79 Å². The maximum Gasteiger partial charge on any atom is 0.314 e. The molecule has 5 nitrogen and oxygen atoms in total. The van der Waals surface area contributed by atoms with E-state index in [9.17, 15) is 14.0 Å². The molecule has 0 radical (unpaired) electrons. The molecule has 0 spiro atoms. The number of amides is 3. The number of anilines is 1. The molecular weight excluding hydrogens is 329 g/mol. The summed E-state index contributed by atoms with van der Waals surface area (Å²) in [4.78, 5) is 24.7. The summed E-state index contributed by atoms with van der Waals surface area (Å²) in [5.41, 5.74) is 5.34. The minimum atomic E-state index is -0.531.